The largest absolute Gasteiger partial charge is 0.481 e. The molecule has 1 atom stereocenters. The van der Waals surface area contributed by atoms with Crippen LogP contribution in [-0.2, 0) is 14.9 Å². The first-order valence-electron chi connectivity index (χ1n) is 5.93. The van der Waals surface area contributed by atoms with Gasteiger partial charge >= 0.3 is 5.97 Å². The molecular formula is C14H18O3. The Balaban J connectivity index is 2.35. The molecule has 92 valence electrons. The number of benzene rings is 1. The van der Waals surface area contributed by atoms with Crippen LogP contribution >= 0.6 is 0 Å². The molecule has 1 aliphatic rings. The number of rotatable bonds is 5. The van der Waals surface area contributed by atoms with Gasteiger partial charge in [-0.15, -0.1) is 0 Å². The predicted octanol–water partition coefficient (Wildman–Crippen LogP) is 2.90. The van der Waals surface area contributed by atoms with Gasteiger partial charge in [-0.3, -0.25) is 4.79 Å². The lowest BCUT2D eigenvalue weighted by Gasteiger charge is -2.21. The molecule has 0 aromatic heterocycles. The van der Waals surface area contributed by atoms with Gasteiger partial charge in [0.15, 0.2) is 0 Å². The third kappa shape index (κ3) is 2.34. The Hall–Kier alpha value is -1.35. The van der Waals surface area contributed by atoms with Crippen molar-refractivity contribution in [3.63, 3.8) is 0 Å². The Kier molecular flexibility index (Phi) is 3.20. The molecule has 1 fully saturated rings. The summed E-state index contributed by atoms with van der Waals surface area (Å²) in [5.74, 6) is -0.720. The van der Waals surface area contributed by atoms with Crippen molar-refractivity contribution in [3.8, 4) is 0 Å². The summed E-state index contributed by atoms with van der Waals surface area (Å²) in [6.07, 6.45) is 2.16. The highest BCUT2D eigenvalue weighted by Gasteiger charge is 2.47. The maximum Gasteiger partial charge on any atom is 0.304 e. The Morgan fingerprint density at radius 2 is 2.12 bits per heavy atom. The summed E-state index contributed by atoms with van der Waals surface area (Å²) in [5.41, 5.74) is 2.13. The van der Waals surface area contributed by atoms with Crippen LogP contribution in [-0.4, -0.2) is 18.2 Å². The highest BCUT2D eigenvalue weighted by molar-refractivity contribution is 5.70. The minimum atomic E-state index is -0.720. The SMILES string of the molecule is COC(C)c1ccccc1C1(CC(=O)O)CC1. The molecule has 1 unspecified atom stereocenters. The van der Waals surface area contributed by atoms with Gasteiger partial charge in [0.25, 0.3) is 0 Å². The molecule has 0 aliphatic heterocycles. The van der Waals surface area contributed by atoms with E-state index < -0.39 is 5.97 Å². The van der Waals surface area contributed by atoms with E-state index in [1.165, 1.54) is 0 Å². The van der Waals surface area contributed by atoms with Crippen LogP contribution in [0.5, 0.6) is 0 Å². The molecule has 3 heteroatoms. The predicted molar refractivity (Wildman–Crippen MR) is 65.0 cm³/mol. The number of carbonyl (C=O) groups is 1. The van der Waals surface area contributed by atoms with E-state index >= 15 is 0 Å². The first-order valence-corrected chi connectivity index (χ1v) is 5.93. The second-order valence-corrected chi connectivity index (χ2v) is 4.82. The lowest BCUT2D eigenvalue weighted by atomic mass is 9.87. The first kappa shape index (κ1) is 12.1. The monoisotopic (exact) mass is 234 g/mol. The number of hydrogen-bond donors (Lipinski definition) is 1. The van der Waals surface area contributed by atoms with Crippen LogP contribution in [0.25, 0.3) is 0 Å². The van der Waals surface area contributed by atoms with Crippen LogP contribution in [0.1, 0.15) is 43.4 Å². The van der Waals surface area contributed by atoms with Gasteiger partial charge in [0.1, 0.15) is 0 Å². The molecule has 1 aromatic carbocycles. The lowest BCUT2D eigenvalue weighted by molar-refractivity contribution is -0.137. The van der Waals surface area contributed by atoms with Crippen LogP contribution < -0.4 is 0 Å². The summed E-state index contributed by atoms with van der Waals surface area (Å²) in [6.45, 7) is 2.00. The van der Waals surface area contributed by atoms with Crippen molar-refractivity contribution in [1.29, 1.82) is 0 Å². The number of carboxylic acids is 1. The van der Waals surface area contributed by atoms with E-state index in [0.717, 1.165) is 24.0 Å². The van der Waals surface area contributed by atoms with Crippen LogP contribution in [0.15, 0.2) is 24.3 Å². The van der Waals surface area contributed by atoms with E-state index in [2.05, 4.69) is 0 Å². The summed E-state index contributed by atoms with van der Waals surface area (Å²) < 4.78 is 5.36. The van der Waals surface area contributed by atoms with E-state index in [1.807, 2.05) is 31.2 Å². The standard InChI is InChI=1S/C14H18O3/c1-10(17-2)11-5-3-4-6-12(11)14(7-8-14)9-13(15)16/h3-6,10H,7-9H2,1-2H3,(H,15,16). The molecule has 0 heterocycles. The summed E-state index contributed by atoms with van der Waals surface area (Å²) in [6, 6.07) is 8.03. The van der Waals surface area contributed by atoms with Gasteiger partial charge in [0.05, 0.1) is 12.5 Å². The molecule has 0 bridgehead atoms. The topological polar surface area (TPSA) is 46.5 Å². The maximum absolute atomic E-state index is 10.9. The normalized spacial score (nSPS) is 18.7. The van der Waals surface area contributed by atoms with Gasteiger partial charge in [-0.1, -0.05) is 24.3 Å². The van der Waals surface area contributed by atoms with Crippen LogP contribution in [0, 0.1) is 0 Å². The van der Waals surface area contributed by atoms with Crippen LogP contribution in [0.3, 0.4) is 0 Å². The Bertz CT molecular complexity index is 421. The van der Waals surface area contributed by atoms with Crippen molar-refractivity contribution in [2.75, 3.05) is 7.11 Å². The Labute approximate surface area is 101 Å². The third-order valence-electron chi connectivity index (χ3n) is 3.67. The van der Waals surface area contributed by atoms with Crippen molar-refractivity contribution in [1.82, 2.24) is 0 Å². The lowest BCUT2D eigenvalue weighted by Crippen LogP contribution is -2.16. The number of ether oxygens (including phenoxy) is 1. The van der Waals surface area contributed by atoms with Gasteiger partial charge in [-0.05, 0) is 30.9 Å². The zero-order chi connectivity index (χ0) is 12.5. The highest BCUT2D eigenvalue weighted by Crippen LogP contribution is 2.52. The number of methoxy groups -OCH3 is 1. The minimum Gasteiger partial charge on any atom is -0.481 e. The molecule has 17 heavy (non-hydrogen) atoms. The fourth-order valence-electron chi connectivity index (χ4n) is 2.44. The smallest absolute Gasteiger partial charge is 0.304 e. The van der Waals surface area contributed by atoms with Crippen LogP contribution in [0.4, 0.5) is 0 Å². The van der Waals surface area contributed by atoms with Crippen molar-refractivity contribution in [3.05, 3.63) is 35.4 Å². The summed E-state index contributed by atoms with van der Waals surface area (Å²) >= 11 is 0. The number of aliphatic carboxylic acids is 1. The fourth-order valence-corrected chi connectivity index (χ4v) is 2.44. The van der Waals surface area contributed by atoms with E-state index in [1.54, 1.807) is 7.11 Å². The Morgan fingerprint density at radius 3 is 2.65 bits per heavy atom. The van der Waals surface area contributed by atoms with E-state index in [4.69, 9.17) is 9.84 Å². The molecule has 1 aliphatic carbocycles. The van der Waals surface area contributed by atoms with Crippen molar-refractivity contribution in [2.45, 2.75) is 37.7 Å². The fraction of sp³-hybridized carbons (Fsp3) is 0.500. The summed E-state index contributed by atoms with van der Waals surface area (Å²) in [4.78, 5) is 10.9. The van der Waals surface area contributed by atoms with Gasteiger partial charge in [-0.25, -0.2) is 0 Å². The van der Waals surface area contributed by atoms with Gasteiger partial charge in [0.2, 0.25) is 0 Å². The number of hydrogen-bond acceptors (Lipinski definition) is 2. The highest BCUT2D eigenvalue weighted by atomic mass is 16.5. The molecule has 2 rings (SSSR count). The second kappa shape index (κ2) is 4.49. The molecule has 1 saturated carbocycles. The zero-order valence-corrected chi connectivity index (χ0v) is 10.3. The second-order valence-electron chi connectivity index (χ2n) is 4.82. The van der Waals surface area contributed by atoms with Crippen molar-refractivity contribution < 1.29 is 14.6 Å². The molecule has 0 saturated heterocycles. The van der Waals surface area contributed by atoms with Crippen molar-refractivity contribution >= 4 is 5.97 Å². The molecule has 0 radical (unpaired) electrons. The van der Waals surface area contributed by atoms with Gasteiger partial charge in [-0.2, -0.15) is 0 Å². The van der Waals surface area contributed by atoms with E-state index in [-0.39, 0.29) is 17.9 Å². The average Bonchev–Trinajstić information content (AvgIpc) is 3.08. The van der Waals surface area contributed by atoms with Crippen molar-refractivity contribution in [2.24, 2.45) is 0 Å². The van der Waals surface area contributed by atoms with E-state index in [9.17, 15) is 4.79 Å². The summed E-state index contributed by atoms with van der Waals surface area (Å²) in [7, 11) is 1.68. The molecule has 1 N–H and O–H groups in total. The third-order valence-corrected chi connectivity index (χ3v) is 3.67. The average molecular weight is 234 g/mol. The molecule has 0 spiro atoms. The van der Waals surface area contributed by atoms with Gasteiger partial charge in [0, 0.05) is 12.5 Å². The number of carboxylic acid groups (broad SMARTS) is 1. The maximum atomic E-state index is 10.9. The first-order chi connectivity index (χ1) is 8.09. The van der Waals surface area contributed by atoms with Gasteiger partial charge < -0.3 is 9.84 Å². The molecular weight excluding hydrogens is 216 g/mol. The Morgan fingerprint density at radius 1 is 1.47 bits per heavy atom. The molecule has 3 nitrogen and oxygen atoms in total. The molecule has 0 amide bonds. The van der Waals surface area contributed by atoms with E-state index in [0.29, 0.717) is 0 Å². The molecule has 1 aromatic rings. The quantitative estimate of drug-likeness (QED) is 0.852. The summed E-state index contributed by atoms with van der Waals surface area (Å²) in [5, 5.41) is 9.01. The zero-order valence-electron chi connectivity index (χ0n) is 10.3. The minimum absolute atomic E-state index is 0.0115. The van der Waals surface area contributed by atoms with Crippen LogP contribution in [0.2, 0.25) is 0 Å².